The summed E-state index contributed by atoms with van der Waals surface area (Å²) >= 11 is 0. The number of carbonyl (C=O) groups excluding carboxylic acids is 1. The molecule has 0 bridgehead atoms. The first kappa shape index (κ1) is 24.8. The van der Waals surface area contributed by atoms with E-state index in [0.29, 0.717) is 34.3 Å². The topological polar surface area (TPSA) is 93.8 Å². The predicted molar refractivity (Wildman–Crippen MR) is 143 cm³/mol. The van der Waals surface area contributed by atoms with E-state index in [1.54, 1.807) is 29.3 Å². The fourth-order valence-electron chi connectivity index (χ4n) is 6.03. The fraction of sp³-hybridized carbons (Fsp3) is 0.414. The van der Waals surface area contributed by atoms with Crippen LogP contribution in [0, 0.1) is 12.7 Å². The predicted octanol–water partition coefficient (Wildman–Crippen LogP) is 4.19. The number of hydrogen-bond acceptors (Lipinski definition) is 7. The lowest BCUT2D eigenvalue weighted by atomic mass is 9.88. The Morgan fingerprint density at radius 3 is 2.74 bits per heavy atom. The van der Waals surface area contributed by atoms with Gasteiger partial charge in [-0.25, -0.2) is 9.37 Å². The van der Waals surface area contributed by atoms with E-state index in [-0.39, 0.29) is 24.1 Å². The quantitative estimate of drug-likeness (QED) is 0.542. The number of hydrogen-bond donors (Lipinski definition) is 1. The molecular weight excluding hydrogens is 485 g/mol. The smallest absolute Gasteiger partial charge is 0.260 e. The van der Waals surface area contributed by atoms with E-state index in [2.05, 4.69) is 16.8 Å². The third kappa shape index (κ3) is 4.19. The number of anilines is 2. The van der Waals surface area contributed by atoms with Crippen LogP contribution in [-0.2, 0) is 11.3 Å². The second kappa shape index (κ2) is 9.96. The van der Waals surface area contributed by atoms with Gasteiger partial charge in [-0.05, 0) is 61.9 Å². The maximum atomic E-state index is 15.0. The Morgan fingerprint density at radius 2 is 2.00 bits per heavy atom. The normalized spacial score (nSPS) is 19.8. The van der Waals surface area contributed by atoms with Crippen molar-refractivity contribution in [2.75, 3.05) is 43.2 Å². The van der Waals surface area contributed by atoms with Gasteiger partial charge in [0.05, 0.1) is 24.9 Å². The Hall–Kier alpha value is -3.56. The molecule has 2 fully saturated rings. The lowest BCUT2D eigenvalue weighted by molar-refractivity contribution is 0.0852. The van der Waals surface area contributed by atoms with Gasteiger partial charge in [0.15, 0.2) is 0 Å². The van der Waals surface area contributed by atoms with Crippen molar-refractivity contribution in [3.63, 3.8) is 0 Å². The summed E-state index contributed by atoms with van der Waals surface area (Å²) in [7, 11) is 1.50. The lowest BCUT2D eigenvalue weighted by Crippen LogP contribution is -2.30. The highest BCUT2D eigenvalue weighted by atomic mass is 19.1. The van der Waals surface area contributed by atoms with Crippen molar-refractivity contribution in [2.24, 2.45) is 5.73 Å². The minimum Gasteiger partial charge on any atom is -0.496 e. The molecule has 8 nitrogen and oxygen atoms in total. The summed E-state index contributed by atoms with van der Waals surface area (Å²) in [6.07, 6.45) is 4.35. The van der Waals surface area contributed by atoms with Gasteiger partial charge in [-0.15, -0.1) is 0 Å². The second-order valence-electron chi connectivity index (χ2n) is 10.3. The molecular formula is C29H32FN5O3. The molecule has 0 saturated carbocycles. The number of aryl methyl sites for hydroxylation is 1. The molecule has 2 aromatic heterocycles. The number of methoxy groups -OCH3 is 1. The van der Waals surface area contributed by atoms with Gasteiger partial charge >= 0.3 is 0 Å². The summed E-state index contributed by atoms with van der Waals surface area (Å²) < 4.78 is 26.0. The Bertz CT molecular complexity index is 1390. The van der Waals surface area contributed by atoms with Crippen molar-refractivity contribution in [3.05, 3.63) is 64.6 Å². The maximum absolute atomic E-state index is 15.0. The molecule has 3 aliphatic rings. The number of carbonyl (C=O) groups is 1. The van der Waals surface area contributed by atoms with E-state index >= 15 is 0 Å². The zero-order chi connectivity index (χ0) is 26.4. The Labute approximate surface area is 221 Å². The lowest BCUT2D eigenvalue weighted by Gasteiger charge is -2.30. The van der Waals surface area contributed by atoms with Crippen LogP contribution in [0.1, 0.15) is 52.2 Å². The average molecular weight is 518 g/mol. The van der Waals surface area contributed by atoms with Crippen LogP contribution in [0.3, 0.4) is 0 Å². The molecule has 3 aromatic rings. The summed E-state index contributed by atoms with van der Waals surface area (Å²) in [5.41, 5.74) is 10.4. The Balaban J connectivity index is 1.42. The number of nitrogens with two attached hydrogens (primary N) is 1. The fourth-order valence-corrected chi connectivity index (χ4v) is 6.03. The van der Waals surface area contributed by atoms with Crippen molar-refractivity contribution in [1.29, 1.82) is 0 Å². The van der Waals surface area contributed by atoms with Crippen molar-refractivity contribution in [3.8, 4) is 17.0 Å². The Morgan fingerprint density at radius 1 is 1.18 bits per heavy atom. The molecule has 0 aliphatic carbocycles. The largest absolute Gasteiger partial charge is 0.496 e. The average Bonchev–Trinajstić information content (AvgIpc) is 3.51. The van der Waals surface area contributed by atoms with Gasteiger partial charge in [-0.3, -0.25) is 14.7 Å². The highest BCUT2D eigenvalue weighted by Gasteiger charge is 2.35. The number of fused-ring (bicyclic) bond motifs is 1. The van der Waals surface area contributed by atoms with Gasteiger partial charge < -0.3 is 20.1 Å². The number of benzene rings is 1. The molecule has 1 aromatic carbocycles. The summed E-state index contributed by atoms with van der Waals surface area (Å²) in [5.74, 6) is 1.61. The first-order valence-corrected chi connectivity index (χ1v) is 13.2. The highest BCUT2D eigenvalue weighted by molar-refractivity contribution is 6.10. The molecule has 1 atom stereocenters. The minimum atomic E-state index is -0.446. The third-order valence-corrected chi connectivity index (χ3v) is 7.94. The molecule has 2 saturated heterocycles. The van der Waals surface area contributed by atoms with E-state index in [1.165, 1.54) is 18.7 Å². The van der Waals surface area contributed by atoms with E-state index in [1.807, 2.05) is 6.07 Å². The number of aromatic nitrogens is 2. The zero-order valence-corrected chi connectivity index (χ0v) is 21.7. The summed E-state index contributed by atoms with van der Waals surface area (Å²) in [6, 6.07) is 8.46. The van der Waals surface area contributed by atoms with E-state index in [9.17, 15) is 9.18 Å². The van der Waals surface area contributed by atoms with Crippen molar-refractivity contribution in [1.82, 2.24) is 9.97 Å². The molecule has 198 valence electrons. The van der Waals surface area contributed by atoms with Crippen LogP contribution in [-0.4, -0.2) is 55.3 Å². The SMILES string of the molecule is COc1cccc(F)c1-c1nccc2c1CN(c1cc(C)c(C3CCOCC3)c(N3CCC(N)C3)n1)C2=O. The number of rotatable bonds is 5. The van der Waals surface area contributed by atoms with Gasteiger partial charge in [-0.2, -0.15) is 0 Å². The van der Waals surface area contributed by atoms with Crippen LogP contribution >= 0.6 is 0 Å². The summed E-state index contributed by atoms with van der Waals surface area (Å²) in [6.45, 7) is 5.39. The molecule has 3 aliphatic heterocycles. The van der Waals surface area contributed by atoms with Crippen LogP contribution in [0.15, 0.2) is 36.5 Å². The van der Waals surface area contributed by atoms with Crippen LogP contribution in [0.5, 0.6) is 5.75 Å². The molecule has 6 rings (SSSR count). The van der Waals surface area contributed by atoms with E-state index in [0.717, 1.165) is 56.9 Å². The molecule has 1 unspecified atom stereocenters. The van der Waals surface area contributed by atoms with Crippen LogP contribution in [0.2, 0.25) is 0 Å². The van der Waals surface area contributed by atoms with Gasteiger partial charge in [-0.1, -0.05) is 6.07 Å². The van der Waals surface area contributed by atoms with Gasteiger partial charge in [0.2, 0.25) is 0 Å². The van der Waals surface area contributed by atoms with Gasteiger partial charge in [0.1, 0.15) is 23.2 Å². The molecule has 9 heteroatoms. The highest BCUT2D eigenvalue weighted by Crippen LogP contribution is 2.41. The van der Waals surface area contributed by atoms with Crippen LogP contribution in [0.4, 0.5) is 16.0 Å². The minimum absolute atomic E-state index is 0.102. The van der Waals surface area contributed by atoms with Crippen molar-refractivity contribution in [2.45, 2.75) is 44.7 Å². The molecule has 2 N–H and O–H groups in total. The molecule has 38 heavy (non-hydrogen) atoms. The summed E-state index contributed by atoms with van der Waals surface area (Å²) in [4.78, 5) is 27.2. The molecule has 1 amide bonds. The Kier molecular flexibility index (Phi) is 6.49. The first-order valence-electron chi connectivity index (χ1n) is 13.2. The zero-order valence-electron chi connectivity index (χ0n) is 21.7. The number of amides is 1. The number of halogens is 1. The van der Waals surface area contributed by atoms with E-state index in [4.69, 9.17) is 20.2 Å². The van der Waals surface area contributed by atoms with Gasteiger partial charge in [0, 0.05) is 55.2 Å². The maximum Gasteiger partial charge on any atom is 0.260 e. The molecule has 0 radical (unpaired) electrons. The van der Waals surface area contributed by atoms with E-state index < -0.39 is 5.82 Å². The third-order valence-electron chi connectivity index (χ3n) is 7.94. The number of nitrogens with zero attached hydrogens (tertiary/aromatic N) is 4. The van der Waals surface area contributed by atoms with Crippen LogP contribution in [0.25, 0.3) is 11.3 Å². The van der Waals surface area contributed by atoms with Crippen molar-refractivity contribution < 1.29 is 18.7 Å². The summed E-state index contributed by atoms with van der Waals surface area (Å²) in [5, 5.41) is 0. The monoisotopic (exact) mass is 517 g/mol. The van der Waals surface area contributed by atoms with Crippen molar-refractivity contribution >= 4 is 17.5 Å². The van der Waals surface area contributed by atoms with Gasteiger partial charge in [0.25, 0.3) is 5.91 Å². The number of pyridine rings is 2. The number of ether oxygens (including phenoxy) is 2. The molecule has 5 heterocycles. The second-order valence-corrected chi connectivity index (χ2v) is 10.3. The standard InChI is InChI=1S/C29H32FN5O3/c1-17-14-24(33-28(34-11-7-19(31)15-34)25(17)18-8-12-38-13-9-18)35-16-21-20(29(35)36)6-10-32-27(21)26-22(30)4-3-5-23(26)37-2/h3-6,10,14,18-19H,7-9,11-13,15-16,31H2,1-2H3. The molecule has 0 spiro atoms. The first-order chi connectivity index (χ1) is 18.5. The van der Waals surface area contributed by atoms with Crippen LogP contribution < -0.4 is 20.3 Å².